The van der Waals surface area contributed by atoms with Crippen LogP contribution >= 0.6 is 0 Å². The summed E-state index contributed by atoms with van der Waals surface area (Å²) in [6, 6.07) is 11.6. The van der Waals surface area contributed by atoms with Gasteiger partial charge >= 0.3 is 6.18 Å². The van der Waals surface area contributed by atoms with E-state index in [1.165, 1.54) is 10.5 Å². The van der Waals surface area contributed by atoms with Crippen LogP contribution in [0.3, 0.4) is 0 Å². The molecule has 0 aliphatic rings. The molecular weight excluding hydrogens is 367 g/mol. The quantitative estimate of drug-likeness (QED) is 0.636. The van der Waals surface area contributed by atoms with E-state index in [9.17, 15) is 18.0 Å². The second-order valence-corrected chi connectivity index (χ2v) is 7.19. The van der Waals surface area contributed by atoms with Crippen LogP contribution in [-0.2, 0) is 23.8 Å². The van der Waals surface area contributed by atoms with Gasteiger partial charge < -0.3 is 9.72 Å². The molecule has 0 saturated heterocycles. The molecule has 1 amide bonds. The van der Waals surface area contributed by atoms with Gasteiger partial charge in [-0.2, -0.15) is 13.2 Å². The SMILES string of the molecule is CC(C)CCc1c(NC(=O)Cc2ccccc2)nc2ccc(C(F)(F)F)cn12. The number of halogens is 3. The number of hydrogen-bond donors (Lipinski definition) is 1. The Morgan fingerprint density at radius 3 is 2.50 bits per heavy atom. The minimum Gasteiger partial charge on any atom is -0.309 e. The number of benzene rings is 1. The van der Waals surface area contributed by atoms with E-state index in [0.717, 1.165) is 24.2 Å². The second-order valence-electron chi connectivity index (χ2n) is 7.19. The number of carbonyl (C=O) groups excluding carboxylic acids is 1. The molecule has 0 unspecified atom stereocenters. The van der Waals surface area contributed by atoms with E-state index >= 15 is 0 Å². The summed E-state index contributed by atoms with van der Waals surface area (Å²) < 4.78 is 40.8. The lowest BCUT2D eigenvalue weighted by Crippen LogP contribution is -2.16. The van der Waals surface area contributed by atoms with Gasteiger partial charge in [-0.1, -0.05) is 44.2 Å². The Morgan fingerprint density at radius 2 is 1.86 bits per heavy atom. The average molecular weight is 389 g/mol. The van der Waals surface area contributed by atoms with Gasteiger partial charge in [0.05, 0.1) is 17.7 Å². The largest absolute Gasteiger partial charge is 0.417 e. The minimum absolute atomic E-state index is 0.173. The van der Waals surface area contributed by atoms with E-state index in [4.69, 9.17) is 0 Å². The van der Waals surface area contributed by atoms with Crippen molar-refractivity contribution in [2.24, 2.45) is 5.92 Å². The predicted molar refractivity (Wildman–Crippen MR) is 102 cm³/mol. The molecule has 0 aliphatic heterocycles. The second kappa shape index (κ2) is 8.04. The summed E-state index contributed by atoms with van der Waals surface area (Å²) in [6.07, 6.45) is -1.94. The number of rotatable bonds is 6. The third kappa shape index (κ3) is 4.71. The summed E-state index contributed by atoms with van der Waals surface area (Å²) in [5, 5.41) is 2.78. The number of anilines is 1. The lowest BCUT2D eigenvalue weighted by Gasteiger charge is -2.10. The van der Waals surface area contributed by atoms with Gasteiger partial charge in [0.15, 0.2) is 5.82 Å². The third-order valence-corrected chi connectivity index (χ3v) is 4.47. The predicted octanol–water partition coefficient (Wildman–Crippen LogP) is 5.12. The van der Waals surface area contributed by atoms with E-state index in [0.29, 0.717) is 29.5 Å². The smallest absolute Gasteiger partial charge is 0.309 e. The van der Waals surface area contributed by atoms with Crippen LogP contribution in [0, 0.1) is 5.92 Å². The number of alkyl halides is 3. The van der Waals surface area contributed by atoms with Gasteiger partial charge in [0.2, 0.25) is 5.91 Å². The average Bonchev–Trinajstić information content (AvgIpc) is 2.96. The van der Waals surface area contributed by atoms with Gasteiger partial charge in [0, 0.05) is 6.20 Å². The van der Waals surface area contributed by atoms with Gasteiger partial charge in [0.25, 0.3) is 0 Å². The normalized spacial score (nSPS) is 11.9. The number of nitrogens with zero attached hydrogens (tertiary/aromatic N) is 2. The fourth-order valence-corrected chi connectivity index (χ4v) is 2.98. The zero-order valence-corrected chi connectivity index (χ0v) is 15.8. The van der Waals surface area contributed by atoms with Crippen molar-refractivity contribution >= 4 is 17.4 Å². The first kappa shape index (κ1) is 19.9. The highest BCUT2D eigenvalue weighted by Gasteiger charge is 2.31. The number of hydrogen-bond acceptors (Lipinski definition) is 2. The van der Waals surface area contributed by atoms with Crippen molar-refractivity contribution in [2.75, 3.05) is 5.32 Å². The number of nitrogens with one attached hydrogen (secondary N) is 1. The molecule has 3 aromatic rings. The highest BCUT2D eigenvalue weighted by molar-refractivity contribution is 5.92. The van der Waals surface area contributed by atoms with Gasteiger partial charge in [-0.3, -0.25) is 4.79 Å². The number of imidazole rings is 1. The molecule has 28 heavy (non-hydrogen) atoms. The van der Waals surface area contributed by atoms with Gasteiger partial charge in [0.1, 0.15) is 5.65 Å². The van der Waals surface area contributed by atoms with Crippen molar-refractivity contribution in [3.63, 3.8) is 0 Å². The summed E-state index contributed by atoms with van der Waals surface area (Å²) >= 11 is 0. The van der Waals surface area contributed by atoms with Crippen molar-refractivity contribution in [3.05, 3.63) is 65.5 Å². The van der Waals surface area contributed by atoms with Crippen LogP contribution in [0.25, 0.3) is 5.65 Å². The Balaban J connectivity index is 1.93. The number of pyridine rings is 1. The topological polar surface area (TPSA) is 46.4 Å². The molecule has 3 rings (SSSR count). The number of fused-ring (bicyclic) bond motifs is 1. The Kier molecular flexibility index (Phi) is 5.72. The maximum Gasteiger partial charge on any atom is 0.417 e. The van der Waals surface area contributed by atoms with Crippen LogP contribution in [0.15, 0.2) is 48.7 Å². The highest BCUT2D eigenvalue weighted by atomic mass is 19.4. The van der Waals surface area contributed by atoms with E-state index < -0.39 is 11.7 Å². The first-order valence-corrected chi connectivity index (χ1v) is 9.16. The Hall–Kier alpha value is -2.83. The molecule has 0 atom stereocenters. The molecule has 0 saturated carbocycles. The van der Waals surface area contributed by atoms with E-state index in [-0.39, 0.29) is 12.3 Å². The zero-order chi connectivity index (χ0) is 20.3. The van der Waals surface area contributed by atoms with Crippen LogP contribution < -0.4 is 5.32 Å². The van der Waals surface area contributed by atoms with Crippen molar-refractivity contribution < 1.29 is 18.0 Å². The van der Waals surface area contributed by atoms with Crippen LogP contribution in [0.5, 0.6) is 0 Å². The van der Waals surface area contributed by atoms with Crippen molar-refractivity contribution in [1.29, 1.82) is 0 Å². The van der Waals surface area contributed by atoms with Crippen molar-refractivity contribution in [1.82, 2.24) is 9.38 Å². The van der Waals surface area contributed by atoms with Gasteiger partial charge in [-0.25, -0.2) is 4.98 Å². The first-order chi connectivity index (χ1) is 13.2. The number of carbonyl (C=O) groups is 1. The molecule has 2 aromatic heterocycles. The molecule has 4 nitrogen and oxygen atoms in total. The fourth-order valence-electron chi connectivity index (χ4n) is 2.98. The molecule has 148 valence electrons. The van der Waals surface area contributed by atoms with E-state index in [1.807, 2.05) is 44.2 Å². The van der Waals surface area contributed by atoms with Crippen LogP contribution in [0.4, 0.5) is 19.0 Å². The highest BCUT2D eigenvalue weighted by Crippen LogP contribution is 2.31. The maximum atomic E-state index is 13.1. The molecule has 0 fully saturated rings. The van der Waals surface area contributed by atoms with Crippen molar-refractivity contribution in [2.45, 2.75) is 39.3 Å². The van der Waals surface area contributed by atoms with Crippen LogP contribution in [0.2, 0.25) is 0 Å². The molecule has 0 aliphatic carbocycles. The molecule has 1 aromatic carbocycles. The fraction of sp³-hybridized carbons (Fsp3) is 0.333. The molecule has 2 heterocycles. The zero-order valence-electron chi connectivity index (χ0n) is 15.8. The number of aromatic nitrogens is 2. The van der Waals surface area contributed by atoms with Crippen molar-refractivity contribution in [3.8, 4) is 0 Å². The van der Waals surface area contributed by atoms with Gasteiger partial charge in [-0.05, 0) is 36.5 Å². The Morgan fingerprint density at radius 1 is 1.14 bits per heavy atom. The lowest BCUT2D eigenvalue weighted by molar-refractivity contribution is -0.137. The van der Waals surface area contributed by atoms with Crippen LogP contribution in [0.1, 0.15) is 37.1 Å². The lowest BCUT2D eigenvalue weighted by atomic mass is 10.1. The molecule has 7 heteroatoms. The standard InChI is InChI=1S/C21H22F3N3O/c1-14(2)8-10-17-20(26-19(28)12-15-6-4-3-5-7-15)25-18-11-9-16(13-27(17)18)21(22,23)24/h3-7,9,11,13-14H,8,10,12H2,1-2H3,(H,26,28). The summed E-state index contributed by atoms with van der Waals surface area (Å²) in [7, 11) is 0. The number of amides is 1. The Bertz CT molecular complexity index is 962. The van der Waals surface area contributed by atoms with E-state index in [1.54, 1.807) is 0 Å². The maximum absolute atomic E-state index is 13.1. The monoisotopic (exact) mass is 389 g/mol. The summed E-state index contributed by atoms with van der Waals surface area (Å²) in [4.78, 5) is 16.8. The number of aryl methyl sites for hydroxylation is 1. The van der Waals surface area contributed by atoms with E-state index in [2.05, 4.69) is 10.3 Å². The summed E-state index contributed by atoms with van der Waals surface area (Å²) in [5.74, 6) is 0.432. The third-order valence-electron chi connectivity index (χ3n) is 4.47. The summed E-state index contributed by atoms with van der Waals surface area (Å²) in [5.41, 5.74) is 1.06. The van der Waals surface area contributed by atoms with Gasteiger partial charge in [-0.15, -0.1) is 0 Å². The molecule has 0 radical (unpaired) electrons. The summed E-state index contributed by atoms with van der Waals surface area (Å²) in [6.45, 7) is 4.08. The molecular formula is C21H22F3N3O. The molecule has 1 N–H and O–H groups in total. The molecule has 0 spiro atoms. The van der Waals surface area contributed by atoms with Crippen LogP contribution in [-0.4, -0.2) is 15.3 Å². The first-order valence-electron chi connectivity index (χ1n) is 9.16. The Labute approximate surface area is 161 Å². The molecule has 0 bridgehead atoms. The minimum atomic E-state index is -4.44.